The molecule has 1 unspecified atom stereocenters. The Kier molecular flexibility index (Phi) is 5.95. The minimum absolute atomic E-state index is 0.0486. The molecule has 0 spiro atoms. The van der Waals surface area contributed by atoms with Crippen molar-refractivity contribution in [3.05, 3.63) is 69.5 Å². The largest absolute Gasteiger partial charge is 0.494 e. The third-order valence-corrected chi connectivity index (χ3v) is 4.34. The lowest BCUT2D eigenvalue weighted by Crippen LogP contribution is -2.02. The number of hydrogen-bond acceptors (Lipinski definition) is 5. The van der Waals surface area contributed by atoms with Crippen LogP contribution in [0.5, 0.6) is 5.75 Å². The maximum absolute atomic E-state index is 13.6. The zero-order chi connectivity index (χ0) is 16.8. The van der Waals surface area contributed by atoms with Gasteiger partial charge in [0.1, 0.15) is 0 Å². The van der Waals surface area contributed by atoms with E-state index >= 15 is 0 Å². The van der Waals surface area contributed by atoms with Crippen LogP contribution < -0.4 is 4.74 Å². The summed E-state index contributed by atoms with van der Waals surface area (Å²) in [5.41, 5.74) is 1.46. The van der Waals surface area contributed by atoms with Crippen LogP contribution in [0.3, 0.4) is 0 Å². The van der Waals surface area contributed by atoms with Gasteiger partial charge < -0.3 is 9.84 Å². The zero-order valence-corrected chi connectivity index (χ0v) is 13.3. The fraction of sp³-hybridized carbons (Fsp3) is 0.250. The molecule has 23 heavy (non-hydrogen) atoms. The summed E-state index contributed by atoms with van der Waals surface area (Å²) in [7, 11) is 1.38. The molecule has 2 aromatic carbocycles. The van der Waals surface area contributed by atoms with Gasteiger partial charge in [0, 0.05) is 23.6 Å². The molecule has 7 heteroatoms. The highest BCUT2D eigenvalue weighted by atomic mass is 32.2. The summed E-state index contributed by atoms with van der Waals surface area (Å²) < 4.78 is 18.4. The van der Waals surface area contributed by atoms with Crippen molar-refractivity contribution in [1.29, 1.82) is 0 Å². The van der Waals surface area contributed by atoms with Gasteiger partial charge in [-0.1, -0.05) is 18.2 Å². The number of halogens is 1. The molecular weight excluding hydrogens is 321 g/mol. The van der Waals surface area contributed by atoms with E-state index in [0.717, 1.165) is 5.56 Å². The molecule has 1 atom stereocenters. The van der Waals surface area contributed by atoms with Crippen LogP contribution in [0.25, 0.3) is 0 Å². The first kappa shape index (κ1) is 17.2. The van der Waals surface area contributed by atoms with Crippen LogP contribution in [0.2, 0.25) is 0 Å². The highest BCUT2D eigenvalue weighted by molar-refractivity contribution is 7.98. The van der Waals surface area contributed by atoms with Crippen LogP contribution in [0.1, 0.15) is 17.2 Å². The van der Waals surface area contributed by atoms with Crippen LogP contribution >= 0.6 is 11.8 Å². The number of thioether (sulfide) groups is 1. The summed E-state index contributed by atoms with van der Waals surface area (Å²) in [6.07, 6.45) is -0.793. The summed E-state index contributed by atoms with van der Waals surface area (Å²) in [5.74, 6) is 0.625. The Bertz CT molecular complexity index is 678. The van der Waals surface area contributed by atoms with Crippen molar-refractivity contribution >= 4 is 17.4 Å². The van der Waals surface area contributed by atoms with Gasteiger partial charge in [0.15, 0.2) is 11.6 Å². The molecule has 0 fully saturated rings. The van der Waals surface area contributed by atoms with Gasteiger partial charge in [-0.05, 0) is 23.3 Å². The van der Waals surface area contributed by atoms with Crippen molar-refractivity contribution in [2.45, 2.75) is 11.9 Å². The molecule has 122 valence electrons. The fourth-order valence-electron chi connectivity index (χ4n) is 1.99. The second kappa shape index (κ2) is 7.94. The van der Waals surface area contributed by atoms with Crippen molar-refractivity contribution in [1.82, 2.24) is 0 Å². The average Bonchev–Trinajstić information content (AvgIpc) is 2.55. The normalized spacial score (nSPS) is 12.0. The highest BCUT2D eigenvalue weighted by Crippen LogP contribution is 2.25. The molecule has 2 aromatic rings. The second-order valence-electron chi connectivity index (χ2n) is 4.85. The molecule has 0 saturated heterocycles. The van der Waals surface area contributed by atoms with E-state index in [2.05, 4.69) is 0 Å². The fourth-order valence-corrected chi connectivity index (χ4v) is 2.95. The van der Waals surface area contributed by atoms with Crippen LogP contribution in [0.15, 0.2) is 42.5 Å². The maximum Gasteiger partial charge on any atom is 0.269 e. The number of nitrogens with zero attached hydrogens (tertiary/aromatic N) is 1. The predicted molar refractivity (Wildman–Crippen MR) is 87.2 cm³/mol. The van der Waals surface area contributed by atoms with E-state index in [1.807, 2.05) is 0 Å². The summed E-state index contributed by atoms with van der Waals surface area (Å²) in [5, 5.41) is 20.7. The molecule has 0 amide bonds. The topological polar surface area (TPSA) is 72.6 Å². The van der Waals surface area contributed by atoms with Gasteiger partial charge in [0.05, 0.1) is 18.1 Å². The lowest BCUT2D eigenvalue weighted by Gasteiger charge is -2.12. The number of aliphatic hydroxyl groups is 1. The van der Waals surface area contributed by atoms with Gasteiger partial charge >= 0.3 is 0 Å². The van der Waals surface area contributed by atoms with Crippen LogP contribution in [-0.2, 0) is 5.75 Å². The van der Waals surface area contributed by atoms with E-state index in [-0.39, 0.29) is 11.4 Å². The molecule has 0 aliphatic rings. The minimum Gasteiger partial charge on any atom is -0.494 e. The van der Waals surface area contributed by atoms with Gasteiger partial charge in [-0.2, -0.15) is 11.8 Å². The number of aliphatic hydroxyl groups excluding tert-OH is 1. The monoisotopic (exact) mass is 337 g/mol. The molecule has 0 bridgehead atoms. The molecule has 0 aromatic heterocycles. The molecule has 0 radical (unpaired) electrons. The number of benzene rings is 2. The molecular formula is C16H16FNO4S. The summed E-state index contributed by atoms with van der Waals surface area (Å²) >= 11 is 1.47. The third-order valence-electron chi connectivity index (χ3n) is 3.25. The van der Waals surface area contributed by atoms with Gasteiger partial charge in [-0.15, -0.1) is 0 Å². The molecule has 0 saturated carbocycles. The molecule has 0 aliphatic heterocycles. The number of non-ortho nitro benzene ring substituents is 1. The van der Waals surface area contributed by atoms with E-state index < -0.39 is 16.8 Å². The van der Waals surface area contributed by atoms with E-state index in [0.29, 0.717) is 17.1 Å². The summed E-state index contributed by atoms with van der Waals surface area (Å²) in [6.45, 7) is 0. The Morgan fingerprint density at radius 3 is 2.57 bits per heavy atom. The van der Waals surface area contributed by atoms with E-state index in [9.17, 15) is 19.6 Å². The number of methoxy groups -OCH3 is 1. The van der Waals surface area contributed by atoms with Gasteiger partial charge in [-0.25, -0.2) is 4.39 Å². The maximum atomic E-state index is 13.6. The standard InChI is InChI=1S/C16H16FNO4S/c1-22-16-7-4-12(8-14(16)17)15(19)10-23-9-11-2-5-13(6-3-11)18(20)21/h2-8,15,19H,9-10H2,1H3. The van der Waals surface area contributed by atoms with Gasteiger partial charge in [-0.3, -0.25) is 10.1 Å². The number of ether oxygens (including phenoxy) is 1. The summed E-state index contributed by atoms with van der Waals surface area (Å²) in [6, 6.07) is 10.6. The van der Waals surface area contributed by atoms with Crippen LogP contribution in [-0.4, -0.2) is 22.9 Å². The first-order valence-electron chi connectivity index (χ1n) is 6.84. The molecule has 5 nitrogen and oxygen atoms in total. The Balaban J connectivity index is 1.88. The average molecular weight is 337 g/mol. The third kappa shape index (κ3) is 4.67. The smallest absolute Gasteiger partial charge is 0.269 e. The number of nitro benzene ring substituents is 1. The van der Waals surface area contributed by atoms with Crippen molar-refractivity contribution in [2.24, 2.45) is 0 Å². The number of hydrogen-bond donors (Lipinski definition) is 1. The molecule has 1 N–H and O–H groups in total. The minimum atomic E-state index is -0.793. The van der Waals surface area contributed by atoms with Gasteiger partial charge in [0.2, 0.25) is 0 Å². The second-order valence-corrected chi connectivity index (χ2v) is 5.88. The van der Waals surface area contributed by atoms with Crippen LogP contribution in [0, 0.1) is 15.9 Å². The van der Waals surface area contributed by atoms with E-state index in [4.69, 9.17) is 4.74 Å². The SMILES string of the molecule is COc1ccc(C(O)CSCc2ccc([N+](=O)[O-])cc2)cc1F. The quantitative estimate of drug-likeness (QED) is 0.616. The summed E-state index contributed by atoms with van der Waals surface area (Å²) in [4.78, 5) is 10.1. The Labute approximate surface area is 137 Å². The van der Waals surface area contributed by atoms with Crippen molar-refractivity contribution in [3.63, 3.8) is 0 Å². The molecule has 0 aliphatic carbocycles. The zero-order valence-electron chi connectivity index (χ0n) is 12.4. The van der Waals surface area contributed by atoms with Crippen molar-refractivity contribution < 1.29 is 19.2 Å². The van der Waals surface area contributed by atoms with E-state index in [1.54, 1.807) is 18.2 Å². The Morgan fingerprint density at radius 1 is 1.30 bits per heavy atom. The van der Waals surface area contributed by atoms with E-state index in [1.165, 1.54) is 43.1 Å². The first-order chi connectivity index (χ1) is 11.0. The number of nitro groups is 1. The Hall–Kier alpha value is -2.12. The molecule has 2 rings (SSSR count). The lowest BCUT2D eigenvalue weighted by atomic mass is 10.1. The Morgan fingerprint density at radius 2 is 2.00 bits per heavy atom. The van der Waals surface area contributed by atoms with Crippen LogP contribution in [0.4, 0.5) is 10.1 Å². The molecule has 0 heterocycles. The number of rotatable bonds is 7. The first-order valence-corrected chi connectivity index (χ1v) is 7.99. The predicted octanol–water partition coefficient (Wildman–Crippen LogP) is 3.71. The lowest BCUT2D eigenvalue weighted by molar-refractivity contribution is -0.384. The van der Waals surface area contributed by atoms with Gasteiger partial charge in [0.25, 0.3) is 5.69 Å². The van der Waals surface area contributed by atoms with Crippen molar-refractivity contribution in [3.8, 4) is 5.75 Å². The van der Waals surface area contributed by atoms with Crippen molar-refractivity contribution in [2.75, 3.05) is 12.9 Å². The highest BCUT2D eigenvalue weighted by Gasteiger charge is 2.11.